The number of rotatable bonds is 5. The topological polar surface area (TPSA) is 140 Å². The highest BCUT2D eigenvalue weighted by atomic mass is 16.7. The summed E-state index contributed by atoms with van der Waals surface area (Å²) in [5.41, 5.74) is 0. The zero-order valence-corrected chi connectivity index (χ0v) is 9.09. The van der Waals surface area contributed by atoms with Gasteiger partial charge in [-0.3, -0.25) is 0 Å². The molecule has 1 heterocycles. The number of hydrogen-bond donors (Lipinski definition) is 6. The van der Waals surface area contributed by atoms with Crippen molar-refractivity contribution >= 4 is 0 Å². The summed E-state index contributed by atoms with van der Waals surface area (Å²) in [6, 6.07) is 0. The Morgan fingerprint density at radius 1 is 1.06 bits per heavy atom. The summed E-state index contributed by atoms with van der Waals surface area (Å²) >= 11 is 0. The molecule has 6 N–H and O–H groups in total. The minimum Gasteiger partial charge on any atom is -0.394 e. The van der Waals surface area contributed by atoms with Crippen LogP contribution in [0.5, 0.6) is 0 Å². The van der Waals surface area contributed by atoms with Gasteiger partial charge in [0.2, 0.25) is 0 Å². The molecule has 0 aromatic carbocycles. The molecule has 0 aliphatic carbocycles. The molecule has 0 saturated carbocycles. The van der Waals surface area contributed by atoms with E-state index in [2.05, 4.69) is 0 Å². The van der Waals surface area contributed by atoms with Crippen LogP contribution in [0.1, 0.15) is 0 Å². The van der Waals surface area contributed by atoms with Crippen molar-refractivity contribution in [3.8, 4) is 0 Å². The number of ether oxygens (including phenoxy) is 2. The first-order chi connectivity index (χ1) is 8.01. The molecule has 1 saturated heterocycles. The molecule has 1 rings (SSSR count). The van der Waals surface area contributed by atoms with Crippen molar-refractivity contribution in [2.24, 2.45) is 0 Å². The summed E-state index contributed by atoms with van der Waals surface area (Å²) in [6.07, 6.45) is -7.94. The van der Waals surface area contributed by atoms with E-state index in [4.69, 9.17) is 24.8 Å². The Morgan fingerprint density at radius 3 is 2.24 bits per heavy atom. The Kier molecular flexibility index (Phi) is 5.70. The lowest BCUT2D eigenvalue weighted by Gasteiger charge is -2.39. The Labute approximate surface area is 97.6 Å². The summed E-state index contributed by atoms with van der Waals surface area (Å²) in [6.45, 7) is -1.37. The van der Waals surface area contributed by atoms with E-state index < -0.39 is 50.0 Å². The van der Waals surface area contributed by atoms with E-state index in [0.717, 1.165) is 0 Å². The molecule has 1 fully saturated rings. The quantitative estimate of drug-likeness (QED) is 0.293. The predicted molar refractivity (Wildman–Crippen MR) is 52.8 cm³/mol. The predicted octanol–water partition coefficient (Wildman–Crippen LogP) is -3.84. The maximum atomic E-state index is 9.52. The minimum absolute atomic E-state index is 0.306. The van der Waals surface area contributed by atoms with E-state index >= 15 is 0 Å². The Hall–Kier alpha value is -0.320. The zero-order valence-electron chi connectivity index (χ0n) is 9.09. The van der Waals surface area contributed by atoms with Crippen LogP contribution in [0.25, 0.3) is 0 Å². The Balaban J connectivity index is 2.53. The second kappa shape index (κ2) is 6.57. The van der Waals surface area contributed by atoms with Gasteiger partial charge >= 0.3 is 0 Å². The van der Waals surface area contributed by atoms with Gasteiger partial charge in [-0.1, -0.05) is 0 Å². The third kappa shape index (κ3) is 3.57. The first-order valence-electron chi connectivity index (χ1n) is 5.22. The molecule has 0 aromatic heterocycles. The van der Waals surface area contributed by atoms with Crippen LogP contribution in [0.4, 0.5) is 0 Å². The van der Waals surface area contributed by atoms with Crippen LogP contribution in [0.2, 0.25) is 0 Å². The molecule has 1 aliphatic rings. The SMILES string of the molecule is OCC(O)CO[C@@H]1O[C@H](CO)[C@H](O)[C@H](O)[C@@H]1O. The smallest absolute Gasteiger partial charge is 0.186 e. The van der Waals surface area contributed by atoms with E-state index in [1.807, 2.05) is 0 Å². The van der Waals surface area contributed by atoms with E-state index in [1.165, 1.54) is 0 Å². The summed E-state index contributed by atoms with van der Waals surface area (Å²) in [5, 5.41) is 54.9. The number of hydrogen-bond acceptors (Lipinski definition) is 8. The van der Waals surface area contributed by atoms with Crippen LogP contribution in [-0.2, 0) is 9.47 Å². The third-order valence-electron chi connectivity index (χ3n) is 2.51. The van der Waals surface area contributed by atoms with Gasteiger partial charge in [0.25, 0.3) is 0 Å². The van der Waals surface area contributed by atoms with E-state index in [1.54, 1.807) is 0 Å². The van der Waals surface area contributed by atoms with Gasteiger partial charge in [-0.05, 0) is 0 Å². The molecule has 0 amide bonds. The first-order valence-corrected chi connectivity index (χ1v) is 5.22. The molecule has 8 heteroatoms. The Bertz CT molecular complexity index is 223. The van der Waals surface area contributed by atoms with E-state index in [0.29, 0.717) is 0 Å². The molecule has 1 unspecified atom stereocenters. The highest BCUT2D eigenvalue weighted by Crippen LogP contribution is 2.21. The average Bonchev–Trinajstić information content (AvgIpc) is 2.34. The van der Waals surface area contributed by atoms with Crippen LogP contribution >= 0.6 is 0 Å². The van der Waals surface area contributed by atoms with Gasteiger partial charge in [0, 0.05) is 0 Å². The molecule has 17 heavy (non-hydrogen) atoms. The molecular weight excluding hydrogens is 236 g/mol. The second-order valence-corrected chi connectivity index (χ2v) is 3.87. The van der Waals surface area contributed by atoms with E-state index in [-0.39, 0.29) is 6.61 Å². The fourth-order valence-electron chi connectivity index (χ4n) is 1.46. The lowest BCUT2D eigenvalue weighted by Crippen LogP contribution is -2.59. The number of aliphatic hydroxyl groups excluding tert-OH is 6. The van der Waals surface area contributed by atoms with Gasteiger partial charge in [-0.2, -0.15) is 0 Å². The van der Waals surface area contributed by atoms with Gasteiger partial charge in [0.1, 0.15) is 30.5 Å². The van der Waals surface area contributed by atoms with Gasteiger partial charge in [-0.15, -0.1) is 0 Å². The van der Waals surface area contributed by atoms with Crippen LogP contribution in [0.15, 0.2) is 0 Å². The van der Waals surface area contributed by atoms with Crippen molar-refractivity contribution in [1.29, 1.82) is 0 Å². The molecule has 0 radical (unpaired) electrons. The maximum absolute atomic E-state index is 9.52. The summed E-state index contributed by atoms with van der Waals surface area (Å²) in [4.78, 5) is 0. The minimum atomic E-state index is -1.52. The summed E-state index contributed by atoms with van der Waals surface area (Å²) in [7, 11) is 0. The van der Waals surface area contributed by atoms with Crippen LogP contribution in [0, 0.1) is 0 Å². The van der Waals surface area contributed by atoms with Gasteiger partial charge in [0.15, 0.2) is 6.29 Å². The maximum Gasteiger partial charge on any atom is 0.186 e. The average molecular weight is 254 g/mol. The van der Waals surface area contributed by atoms with Gasteiger partial charge in [-0.25, -0.2) is 0 Å². The Morgan fingerprint density at radius 2 is 1.71 bits per heavy atom. The molecule has 0 aromatic rings. The largest absolute Gasteiger partial charge is 0.394 e. The highest BCUT2D eigenvalue weighted by molar-refractivity contribution is 4.88. The standard InChI is InChI=1S/C9H18O8/c10-1-4(12)3-16-9-8(15)7(14)6(13)5(2-11)17-9/h4-15H,1-3H2/t4?,5-,6+,7+,8+,9-/m1/s1. The monoisotopic (exact) mass is 254 g/mol. The molecule has 6 atom stereocenters. The van der Waals surface area contributed by atoms with Crippen molar-refractivity contribution in [2.75, 3.05) is 19.8 Å². The molecule has 1 aliphatic heterocycles. The van der Waals surface area contributed by atoms with Crippen molar-refractivity contribution in [2.45, 2.75) is 36.8 Å². The van der Waals surface area contributed by atoms with Gasteiger partial charge in [0.05, 0.1) is 19.8 Å². The van der Waals surface area contributed by atoms with Crippen molar-refractivity contribution in [1.82, 2.24) is 0 Å². The molecule has 0 bridgehead atoms. The molecule has 102 valence electrons. The lowest BCUT2D eigenvalue weighted by molar-refractivity contribution is -0.304. The van der Waals surface area contributed by atoms with E-state index in [9.17, 15) is 15.3 Å². The van der Waals surface area contributed by atoms with Crippen molar-refractivity contribution in [3.05, 3.63) is 0 Å². The summed E-state index contributed by atoms with van der Waals surface area (Å²) in [5.74, 6) is 0. The first kappa shape index (κ1) is 14.7. The zero-order chi connectivity index (χ0) is 13.0. The number of aliphatic hydroxyl groups is 6. The van der Waals surface area contributed by atoms with Gasteiger partial charge < -0.3 is 40.1 Å². The van der Waals surface area contributed by atoms with Crippen LogP contribution in [0.3, 0.4) is 0 Å². The van der Waals surface area contributed by atoms with Crippen LogP contribution < -0.4 is 0 Å². The molecular formula is C9H18O8. The molecule has 8 nitrogen and oxygen atoms in total. The second-order valence-electron chi connectivity index (χ2n) is 3.87. The van der Waals surface area contributed by atoms with Crippen molar-refractivity contribution in [3.63, 3.8) is 0 Å². The fraction of sp³-hybridized carbons (Fsp3) is 1.00. The third-order valence-corrected chi connectivity index (χ3v) is 2.51. The van der Waals surface area contributed by atoms with Crippen LogP contribution in [-0.4, -0.2) is 87.3 Å². The summed E-state index contributed by atoms with van der Waals surface area (Å²) < 4.78 is 9.93. The van der Waals surface area contributed by atoms with Crippen molar-refractivity contribution < 1.29 is 40.1 Å². The lowest BCUT2D eigenvalue weighted by atomic mass is 9.99. The fourth-order valence-corrected chi connectivity index (χ4v) is 1.46. The highest BCUT2D eigenvalue weighted by Gasteiger charge is 2.44. The normalized spacial score (nSPS) is 40.2. The molecule has 0 spiro atoms.